The first-order chi connectivity index (χ1) is 30.0. The molecule has 0 aliphatic rings. The van der Waals surface area contributed by atoms with Crippen LogP contribution in [0.2, 0.25) is 0 Å². The Balaban J connectivity index is 1.40. The first kappa shape index (κ1) is 16.7. The molecule has 0 fully saturated rings. The van der Waals surface area contributed by atoms with E-state index in [4.69, 9.17) is 12.3 Å². The van der Waals surface area contributed by atoms with Gasteiger partial charge in [0.2, 0.25) is 0 Å². The fourth-order valence-corrected chi connectivity index (χ4v) is 6.97. The van der Waals surface area contributed by atoms with Gasteiger partial charge in [0.1, 0.15) is 0 Å². The molecule has 9 rings (SSSR count). The van der Waals surface area contributed by atoms with E-state index in [-0.39, 0.29) is 5.69 Å². The Bertz CT molecular complexity index is 3360. The maximum absolute atomic E-state index is 9.70. The monoisotopic (exact) mass is 644 g/mol. The van der Waals surface area contributed by atoms with Gasteiger partial charge in [0.15, 0.2) is 0 Å². The van der Waals surface area contributed by atoms with Crippen molar-refractivity contribution < 1.29 is 20.6 Å². The molecule has 0 saturated carbocycles. The summed E-state index contributed by atoms with van der Waals surface area (Å²) in [6, 6.07) is 19.6. The number of anilines is 3. The van der Waals surface area contributed by atoms with Crippen LogP contribution in [0.4, 0.5) is 17.1 Å². The van der Waals surface area contributed by atoms with E-state index in [0.29, 0.717) is 11.4 Å². The van der Waals surface area contributed by atoms with E-state index in [1.54, 1.807) is 22.3 Å². The lowest BCUT2D eigenvalue weighted by Crippen LogP contribution is -2.10. The minimum atomic E-state index is -0.803. The molecule has 0 aliphatic carbocycles. The third-order valence-corrected chi connectivity index (χ3v) is 9.25. The summed E-state index contributed by atoms with van der Waals surface area (Å²) in [5.41, 5.74) is 0.174. The summed E-state index contributed by atoms with van der Waals surface area (Å²) in [4.78, 5) is 1.62. The number of benzene rings is 8. The molecule has 226 valence electrons. The fourth-order valence-electron chi connectivity index (χ4n) is 5.88. The minimum absolute atomic E-state index is 0.178. The van der Waals surface area contributed by atoms with Crippen molar-refractivity contribution >= 4 is 59.3 Å². The van der Waals surface area contributed by atoms with Gasteiger partial charge in [-0.2, -0.15) is 0 Å². The summed E-state index contributed by atoms with van der Waals surface area (Å²) in [6.07, 6.45) is 0. The van der Waals surface area contributed by atoms with E-state index < -0.39 is 124 Å². The van der Waals surface area contributed by atoms with Crippen molar-refractivity contribution in [3.8, 4) is 33.4 Å². The Morgan fingerprint density at radius 3 is 1.81 bits per heavy atom. The normalized spacial score (nSPS) is 15.7. The Kier molecular flexibility index (Phi) is 4.19. The quantitative estimate of drug-likeness (QED) is 0.174. The van der Waals surface area contributed by atoms with Gasteiger partial charge in [-0.3, -0.25) is 0 Å². The van der Waals surface area contributed by atoms with Crippen molar-refractivity contribution in [2.24, 2.45) is 0 Å². The zero-order chi connectivity index (χ0) is 44.9. The van der Waals surface area contributed by atoms with Gasteiger partial charge in [-0.25, -0.2) is 0 Å². The summed E-state index contributed by atoms with van der Waals surface area (Å²) in [7, 11) is 0. The highest BCUT2D eigenvalue weighted by Crippen LogP contribution is 2.43. The van der Waals surface area contributed by atoms with Crippen LogP contribution in [0.25, 0.3) is 64.3 Å². The average Bonchev–Trinajstić information content (AvgIpc) is 3.67. The molecule has 1 aromatic heterocycles. The first-order valence-corrected chi connectivity index (χ1v) is 15.9. The molecule has 1 heterocycles. The van der Waals surface area contributed by atoms with E-state index in [2.05, 4.69) is 0 Å². The molecule has 0 spiro atoms. The third-order valence-electron chi connectivity index (χ3n) is 8.10. The lowest BCUT2D eigenvalue weighted by Gasteiger charge is -2.26. The van der Waals surface area contributed by atoms with E-state index >= 15 is 0 Å². The SMILES string of the molecule is [2H]c1c([2H])c([2H])c(-c2c(-c3c([2H])c([2H])c(N(c4cccc(-c5ccccc5)c4)c4ccc5sc6ccccc6c5c4)c([2H])c3[2H])c([2H])c3c([2H])c([2H])c([2H])c([2H])c3c2[2H])c([2H])c1[2H]. The topological polar surface area (TPSA) is 3.24 Å². The fraction of sp³-hybridized carbons (Fsp3) is 0. The van der Waals surface area contributed by atoms with Crippen LogP contribution < -0.4 is 4.90 Å². The lowest BCUT2D eigenvalue weighted by atomic mass is 9.91. The first-order valence-electron chi connectivity index (χ1n) is 22.6. The highest BCUT2D eigenvalue weighted by Gasteiger charge is 2.17. The Morgan fingerprint density at radius 1 is 0.417 bits per heavy atom. The molecular weight excluding hydrogens is 599 g/mol. The molecule has 0 radical (unpaired) electrons. The van der Waals surface area contributed by atoms with E-state index in [9.17, 15) is 8.22 Å². The van der Waals surface area contributed by atoms with Crippen molar-refractivity contribution in [3.63, 3.8) is 0 Å². The van der Waals surface area contributed by atoms with Crippen LogP contribution in [-0.4, -0.2) is 0 Å². The lowest BCUT2D eigenvalue weighted by molar-refractivity contribution is 1.29. The van der Waals surface area contributed by atoms with Crippen LogP contribution in [-0.2, 0) is 0 Å². The summed E-state index contributed by atoms with van der Waals surface area (Å²) in [5.74, 6) is 0. The Labute approximate surface area is 305 Å². The summed E-state index contributed by atoms with van der Waals surface area (Å²) in [6.45, 7) is 0. The van der Waals surface area contributed by atoms with Crippen LogP contribution in [0.3, 0.4) is 0 Å². The smallest absolute Gasteiger partial charge is 0.0645 e. The summed E-state index contributed by atoms with van der Waals surface area (Å²) in [5, 5.41) is 0.920. The number of hydrogen-bond donors (Lipinski definition) is 0. The predicted octanol–water partition coefficient (Wildman–Crippen LogP) is 13.7. The van der Waals surface area contributed by atoms with Gasteiger partial charge < -0.3 is 4.90 Å². The predicted molar refractivity (Wildman–Crippen MR) is 208 cm³/mol. The number of thiophene rings is 1. The molecule has 0 atom stereocenters. The highest BCUT2D eigenvalue weighted by atomic mass is 32.1. The molecule has 8 aromatic carbocycles. The van der Waals surface area contributed by atoms with Gasteiger partial charge in [0, 0.05) is 37.2 Å². The number of nitrogens with zero attached hydrogens (tertiary/aromatic N) is 1. The van der Waals surface area contributed by atoms with E-state index in [1.807, 2.05) is 91.0 Å². The number of hydrogen-bond acceptors (Lipinski definition) is 2. The molecule has 0 bridgehead atoms. The maximum atomic E-state index is 9.70. The molecule has 0 unspecified atom stereocenters. The van der Waals surface area contributed by atoms with Crippen LogP contribution in [0.15, 0.2) is 188 Å². The van der Waals surface area contributed by atoms with Crippen molar-refractivity contribution in [2.75, 3.05) is 4.90 Å². The van der Waals surface area contributed by atoms with Gasteiger partial charge in [-0.05, 0) is 105 Å². The van der Waals surface area contributed by atoms with Gasteiger partial charge in [0.25, 0.3) is 0 Å². The minimum Gasteiger partial charge on any atom is -0.310 e. The number of rotatable bonds is 6. The standard InChI is InChI=1S/C46H31NS/c1-3-12-32(13-4-1)35-18-11-19-39(28-35)47(40-26-27-46-44(31-40)41-20-9-10-21-45(41)48-46)38-24-22-34(23-25-38)43-30-37-17-8-7-16-36(37)29-42(43)33-14-5-2-6-15-33/h1-31H/i2D,5D,6D,7D,8D,14D,15D,16D,17D,22D,23D,24D,25D,29D,30D. The van der Waals surface area contributed by atoms with Gasteiger partial charge in [0.05, 0.1) is 20.6 Å². The maximum Gasteiger partial charge on any atom is 0.0645 e. The third kappa shape index (κ3) is 5.13. The molecular formula is C46H31NS. The molecule has 0 saturated heterocycles. The molecule has 0 amide bonds. The zero-order valence-electron chi connectivity index (χ0n) is 40.1. The Hall–Kier alpha value is -5.96. The summed E-state index contributed by atoms with van der Waals surface area (Å²) < 4.78 is 137. The second-order valence-electron chi connectivity index (χ2n) is 11.0. The molecule has 48 heavy (non-hydrogen) atoms. The van der Waals surface area contributed by atoms with Crippen molar-refractivity contribution in [1.29, 1.82) is 0 Å². The van der Waals surface area contributed by atoms with Crippen LogP contribution in [0.5, 0.6) is 0 Å². The van der Waals surface area contributed by atoms with Gasteiger partial charge in [-0.15, -0.1) is 11.3 Å². The highest BCUT2D eigenvalue weighted by molar-refractivity contribution is 7.25. The second kappa shape index (κ2) is 12.0. The van der Waals surface area contributed by atoms with Gasteiger partial charge >= 0.3 is 0 Å². The largest absolute Gasteiger partial charge is 0.310 e. The van der Waals surface area contributed by atoms with Crippen LogP contribution in [0, 0.1) is 0 Å². The molecule has 2 heteroatoms. The molecule has 9 aromatic rings. The van der Waals surface area contributed by atoms with Crippen molar-refractivity contribution in [1.82, 2.24) is 0 Å². The average molecular weight is 645 g/mol. The van der Waals surface area contributed by atoms with Crippen molar-refractivity contribution in [3.05, 3.63) is 188 Å². The van der Waals surface area contributed by atoms with E-state index in [0.717, 1.165) is 31.3 Å². The molecule has 0 N–H and O–H groups in total. The van der Waals surface area contributed by atoms with Crippen LogP contribution >= 0.6 is 11.3 Å². The van der Waals surface area contributed by atoms with Crippen LogP contribution in [0.1, 0.15) is 20.6 Å². The second-order valence-corrected chi connectivity index (χ2v) is 12.1. The van der Waals surface area contributed by atoms with E-state index in [1.165, 1.54) is 0 Å². The van der Waals surface area contributed by atoms with Crippen molar-refractivity contribution in [2.45, 2.75) is 0 Å². The zero-order valence-corrected chi connectivity index (χ0v) is 25.9. The summed E-state index contributed by atoms with van der Waals surface area (Å²) >= 11 is 1.60. The Morgan fingerprint density at radius 2 is 1.04 bits per heavy atom. The molecule has 0 aliphatic heterocycles. The number of fused-ring (bicyclic) bond motifs is 4. The van der Waals surface area contributed by atoms with Gasteiger partial charge in [-0.1, -0.05) is 127 Å². The molecule has 1 nitrogen and oxygen atoms in total.